The zero-order valence-corrected chi connectivity index (χ0v) is 20.6. The molecule has 1 fully saturated rings. The first-order chi connectivity index (χ1) is 16.2. The number of nitrogens with zero attached hydrogens (tertiary/aromatic N) is 3. The minimum Gasteiger partial charge on any atom is -0.483 e. The summed E-state index contributed by atoms with van der Waals surface area (Å²) in [5, 5.41) is 12.3. The molecule has 182 valence electrons. The van der Waals surface area contributed by atoms with Gasteiger partial charge in [-0.1, -0.05) is 33.2 Å². The van der Waals surface area contributed by atoms with Gasteiger partial charge in [0.2, 0.25) is 6.61 Å². The molecule has 8 nitrogen and oxygen atoms in total. The number of carbonyl (C=O) groups excluding carboxylic acids is 1. The van der Waals surface area contributed by atoms with Crippen LogP contribution in [0.4, 0.5) is 4.39 Å². The Morgan fingerprint density at radius 1 is 1.15 bits per heavy atom. The zero-order chi connectivity index (χ0) is 24.7. The molecule has 1 aliphatic heterocycles. The van der Waals surface area contributed by atoms with Gasteiger partial charge in [0, 0.05) is 41.8 Å². The first kappa shape index (κ1) is 25.6. The molecule has 0 spiro atoms. The highest BCUT2D eigenvalue weighted by Gasteiger charge is 2.32. The van der Waals surface area contributed by atoms with Crippen LogP contribution in [0.2, 0.25) is 0 Å². The molecule has 1 heterocycles. The molecule has 1 N–H and O–H groups in total. The fourth-order valence-corrected chi connectivity index (χ4v) is 4.13. The SMILES string of the molecule is CC1CN(C(=O)COc2ccc(Br)cc2/C=N/OCC(=O)O)C(C)CN1Cc1ccc(F)cc1. The summed E-state index contributed by atoms with van der Waals surface area (Å²) in [6, 6.07) is 11.8. The van der Waals surface area contributed by atoms with Crippen molar-refractivity contribution in [1.82, 2.24) is 9.80 Å². The van der Waals surface area contributed by atoms with Gasteiger partial charge in [-0.15, -0.1) is 0 Å². The van der Waals surface area contributed by atoms with Gasteiger partial charge in [-0.25, -0.2) is 9.18 Å². The van der Waals surface area contributed by atoms with Crippen LogP contribution in [0.3, 0.4) is 0 Å². The minimum atomic E-state index is -1.13. The second kappa shape index (κ2) is 11.9. The van der Waals surface area contributed by atoms with Crippen LogP contribution in [0, 0.1) is 5.82 Å². The van der Waals surface area contributed by atoms with Gasteiger partial charge in [0.25, 0.3) is 5.91 Å². The van der Waals surface area contributed by atoms with E-state index in [2.05, 4.69) is 32.9 Å². The summed E-state index contributed by atoms with van der Waals surface area (Å²) in [6.07, 6.45) is 1.34. The number of ether oxygens (including phenoxy) is 1. The lowest BCUT2D eigenvalue weighted by atomic mass is 10.1. The van der Waals surface area contributed by atoms with Gasteiger partial charge >= 0.3 is 5.97 Å². The van der Waals surface area contributed by atoms with E-state index in [9.17, 15) is 14.0 Å². The van der Waals surface area contributed by atoms with Crippen LogP contribution in [0.5, 0.6) is 5.75 Å². The lowest BCUT2D eigenvalue weighted by Crippen LogP contribution is -2.58. The van der Waals surface area contributed by atoms with Crippen LogP contribution in [-0.4, -0.2) is 71.4 Å². The molecule has 2 atom stereocenters. The maximum Gasteiger partial charge on any atom is 0.344 e. The Hall–Kier alpha value is -2.98. The average Bonchev–Trinajstić information content (AvgIpc) is 2.79. The summed E-state index contributed by atoms with van der Waals surface area (Å²) in [5.41, 5.74) is 1.57. The van der Waals surface area contributed by atoms with Gasteiger partial charge in [0.1, 0.15) is 11.6 Å². The van der Waals surface area contributed by atoms with Crippen molar-refractivity contribution in [2.24, 2.45) is 5.16 Å². The predicted octanol–water partition coefficient (Wildman–Crippen LogP) is 3.52. The molecule has 2 unspecified atom stereocenters. The van der Waals surface area contributed by atoms with Gasteiger partial charge in [0.15, 0.2) is 6.61 Å². The van der Waals surface area contributed by atoms with Crippen molar-refractivity contribution in [3.8, 4) is 5.75 Å². The number of carboxylic acid groups (broad SMARTS) is 1. The topological polar surface area (TPSA) is 91.7 Å². The highest BCUT2D eigenvalue weighted by atomic mass is 79.9. The molecule has 10 heteroatoms. The summed E-state index contributed by atoms with van der Waals surface area (Å²) in [7, 11) is 0. The second-order valence-electron chi connectivity index (χ2n) is 8.17. The Morgan fingerprint density at radius 3 is 2.59 bits per heavy atom. The van der Waals surface area contributed by atoms with E-state index in [0.29, 0.717) is 30.9 Å². The number of amides is 1. The monoisotopic (exact) mass is 535 g/mol. The molecule has 0 bridgehead atoms. The van der Waals surface area contributed by atoms with Crippen molar-refractivity contribution in [3.63, 3.8) is 0 Å². The third-order valence-electron chi connectivity index (χ3n) is 5.51. The molecule has 3 rings (SSSR count). The van der Waals surface area contributed by atoms with E-state index in [1.165, 1.54) is 18.3 Å². The van der Waals surface area contributed by atoms with Crippen LogP contribution in [-0.2, 0) is 21.0 Å². The van der Waals surface area contributed by atoms with Crippen LogP contribution in [0.1, 0.15) is 25.0 Å². The fourth-order valence-electron chi connectivity index (χ4n) is 3.75. The molecule has 1 saturated heterocycles. The first-order valence-corrected chi connectivity index (χ1v) is 11.6. The number of rotatable bonds is 9. The average molecular weight is 536 g/mol. The van der Waals surface area contributed by atoms with Gasteiger partial charge in [-0.05, 0) is 49.7 Å². The number of carboxylic acids is 1. The fraction of sp³-hybridized carbons (Fsp3) is 0.375. The molecular formula is C24H27BrFN3O5. The summed E-state index contributed by atoms with van der Waals surface area (Å²) < 4.78 is 19.7. The lowest BCUT2D eigenvalue weighted by molar-refractivity contribution is -0.142. The zero-order valence-electron chi connectivity index (χ0n) is 19.0. The minimum absolute atomic E-state index is 0.0110. The Morgan fingerprint density at radius 2 is 1.88 bits per heavy atom. The normalized spacial score (nSPS) is 18.8. The molecular weight excluding hydrogens is 509 g/mol. The summed E-state index contributed by atoms with van der Waals surface area (Å²) in [5.74, 6) is -1.09. The van der Waals surface area contributed by atoms with E-state index in [1.807, 2.05) is 11.8 Å². The largest absolute Gasteiger partial charge is 0.483 e. The summed E-state index contributed by atoms with van der Waals surface area (Å²) in [4.78, 5) is 32.3. The third kappa shape index (κ3) is 7.26. The van der Waals surface area contributed by atoms with Crippen molar-refractivity contribution in [2.45, 2.75) is 32.5 Å². The Bertz CT molecular complexity index is 1030. The number of piperazine rings is 1. The maximum absolute atomic E-state index is 13.2. The van der Waals surface area contributed by atoms with Crippen molar-refractivity contribution in [2.75, 3.05) is 26.3 Å². The molecule has 0 aromatic heterocycles. The van der Waals surface area contributed by atoms with Crippen molar-refractivity contribution < 1.29 is 28.7 Å². The van der Waals surface area contributed by atoms with Gasteiger partial charge in [-0.2, -0.15) is 0 Å². The standard InChI is InChI=1S/C24H27BrFN3O5/c1-16-12-29(17(2)11-28(16)13-18-3-6-21(26)7-4-18)23(30)14-33-22-8-5-20(25)9-19(22)10-27-34-15-24(31)32/h3-10,16-17H,11-15H2,1-2H3,(H,31,32)/b27-10+. The lowest BCUT2D eigenvalue weighted by Gasteiger charge is -2.44. The van der Waals surface area contributed by atoms with Crippen LogP contribution >= 0.6 is 15.9 Å². The van der Waals surface area contributed by atoms with Crippen molar-refractivity contribution in [3.05, 3.63) is 63.9 Å². The van der Waals surface area contributed by atoms with Gasteiger partial charge in [-0.3, -0.25) is 9.69 Å². The second-order valence-corrected chi connectivity index (χ2v) is 9.09. The summed E-state index contributed by atoms with van der Waals surface area (Å²) >= 11 is 3.37. The molecule has 1 aliphatic rings. The van der Waals surface area contributed by atoms with Gasteiger partial charge < -0.3 is 19.6 Å². The number of benzene rings is 2. The number of halogens is 2. The number of hydrogen-bond donors (Lipinski definition) is 1. The highest BCUT2D eigenvalue weighted by Crippen LogP contribution is 2.23. The maximum atomic E-state index is 13.2. The quantitative estimate of drug-likeness (QED) is 0.390. The Labute approximate surface area is 206 Å². The van der Waals surface area contributed by atoms with E-state index in [1.54, 1.807) is 30.3 Å². The number of aliphatic carboxylic acids is 1. The van der Waals surface area contributed by atoms with E-state index < -0.39 is 12.6 Å². The molecule has 2 aromatic carbocycles. The van der Waals surface area contributed by atoms with Crippen LogP contribution in [0.25, 0.3) is 0 Å². The highest BCUT2D eigenvalue weighted by molar-refractivity contribution is 9.10. The molecule has 1 amide bonds. The van der Waals surface area contributed by atoms with Crippen molar-refractivity contribution in [1.29, 1.82) is 0 Å². The van der Waals surface area contributed by atoms with Crippen LogP contribution in [0.15, 0.2) is 52.1 Å². The molecule has 2 aromatic rings. The first-order valence-electron chi connectivity index (χ1n) is 10.8. The molecule has 34 heavy (non-hydrogen) atoms. The number of carbonyl (C=O) groups is 2. The number of oxime groups is 1. The number of hydrogen-bond acceptors (Lipinski definition) is 6. The van der Waals surface area contributed by atoms with E-state index in [0.717, 1.165) is 10.0 Å². The Kier molecular flexibility index (Phi) is 9.00. The molecule has 0 radical (unpaired) electrons. The van der Waals surface area contributed by atoms with Crippen molar-refractivity contribution >= 4 is 34.0 Å². The molecule has 0 aliphatic carbocycles. The van der Waals surface area contributed by atoms with Gasteiger partial charge in [0.05, 0.1) is 6.21 Å². The van der Waals surface area contributed by atoms with E-state index in [4.69, 9.17) is 14.7 Å². The van der Waals surface area contributed by atoms with E-state index >= 15 is 0 Å². The molecule has 0 saturated carbocycles. The predicted molar refractivity (Wildman–Crippen MR) is 128 cm³/mol. The van der Waals surface area contributed by atoms with Crippen LogP contribution < -0.4 is 4.74 Å². The Balaban J connectivity index is 1.58. The third-order valence-corrected chi connectivity index (χ3v) is 6.00. The van der Waals surface area contributed by atoms with E-state index in [-0.39, 0.29) is 30.4 Å². The summed E-state index contributed by atoms with van der Waals surface area (Å²) in [6.45, 7) is 5.31. The smallest absolute Gasteiger partial charge is 0.344 e.